The van der Waals surface area contributed by atoms with Crippen molar-refractivity contribution >= 4 is 11.5 Å². The summed E-state index contributed by atoms with van der Waals surface area (Å²) in [7, 11) is 1.99. The average Bonchev–Trinajstić information content (AvgIpc) is 2.04. The third kappa shape index (κ3) is 1.05. The molecule has 0 atom stereocenters. The number of likely N-dealkylation sites (N-methyl/N-ethyl adjacent to an activating group) is 1. The molecule has 4 nitrogen and oxygen atoms in total. The maximum Gasteiger partial charge on any atom is 0.171 e. The van der Waals surface area contributed by atoms with E-state index < -0.39 is 0 Å². The van der Waals surface area contributed by atoms with Crippen molar-refractivity contribution in [2.45, 2.75) is 0 Å². The quantitative estimate of drug-likeness (QED) is 0.608. The fourth-order valence-corrected chi connectivity index (χ4v) is 1.24. The molecule has 1 aromatic heterocycles. The summed E-state index contributed by atoms with van der Waals surface area (Å²) in [5, 5.41) is 0. The summed E-state index contributed by atoms with van der Waals surface area (Å²) in [5.74, 6) is 1.65. The molecule has 0 fully saturated rings. The van der Waals surface area contributed by atoms with Gasteiger partial charge in [0, 0.05) is 13.1 Å². The van der Waals surface area contributed by atoms with E-state index in [1.54, 1.807) is 12.3 Å². The lowest BCUT2D eigenvalue weighted by atomic mass is 10.3. The first-order chi connectivity index (χ1) is 5.77. The van der Waals surface area contributed by atoms with Crippen molar-refractivity contribution in [1.82, 2.24) is 4.98 Å². The number of ether oxygens (including phenoxy) is 1. The molecule has 0 bridgehead atoms. The number of fused-ring (bicyclic) bond motifs is 1. The second-order valence-electron chi connectivity index (χ2n) is 2.86. The van der Waals surface area contributed by atoms with E-state index in [2.05, 4.69) is 9.88 Å². The molecule has 0 unspecified atom stereocenters. The first kappa shape index (κ1) is 7.21. The molecule has 2 rings (SSSR count). The fourth-order valence-electron chi connectivity index (χ4n) is 1.24. The predicted octanol–water partition coefficient (Wildman–Crippen LogP) is 0.492. The molecule has 0 amide bonds. The highest BCUT2D eigenvalue weighted by Gasteiger charge is 2.15. The van der Waals surface area contributed by atoms with Gasteiger partial charge in [-0.05, 0) is 0 Å². The van der Waals surface area contributed by atoms with E-state index in [9.17, 15) is 0 Å². The average molecular weight is 165 g/mol. The van der Waals surface area contributed by atoms with Crippen LogP contribution < -0.4 is 15.4 Å². The molecule has 2 heterocycles. The molecule has 12 heavy (non-hydrogen) atoms. The van der Waals surface area contributed by atoms with Gasteiger partial charge in [-0.1, -0.05) is 0 Å². The number of aromatic nitrogens is 1. The van der Waals surface area contributed by atoms with E-state index in [1.807, 2.05) is 7.05 Å². The van der Waals surface area contributed by atoms with Crippen molar-refractivity contribution in [2.24, 2.45) is 0 Å². The number of hydrogen-bond donors (Lipinski definition) is 1. The van der Waals surface area contributed by atoms with Gasteiger partial charge in [0.2, 0.25) is 0 Å². The molecule has 1 aliphatic rings. The minimum Gasteiger partial charge on any atom is -0.488 e. The zero-order valence-corrected chi connectivity index (χ0v) is 6.95. The number of rotatable bonds is 0. The van der Waals surface area contributed by atoms with Gasteiger partial charge in [0.1, 0.15) is 6.61 Å². The fraction of sp³-hybridized carbons (Fsp3) is 0.375. The van der Waals surface area contributed by atoms with Gasteiger partial charge in [0.05, 0.1) is 18.4 Å². The SMILES string of the molecule is CN1CCOc2cc(N)cnc21. The van der Waals surface area contributed by atoms with E-state index in [0.717, 1.165) is 18.1 Å². The molecular formula is C8H11N3O. The van der Waals surface area contributed by atoms with Crippen molar-refractivity contribution in [3.63, 3.8) is 0 Å². The van der Waals surface area contributed by atoms with E-state index in [1.165, 1.54) is 0 Å². The van der Waals surface area contributed by atoms with Gasteiger partial charge in [-0.25, -0.2) is 4.98 Å². The number of nitrogens with zero attached hydrogens (tertiary/aromatic N) is 2. The van der Waals surface area contributed by atoms with Crippen molar-refractivity contribution in [3.05, 3.63) is 12.3 Å². The third-order valence-corrected chi connectivity index (χ3v) is 1.90. The molecule has 64 valence electrons. The Morgan fingerprint density at radius 1 is 1.67 bits per heavy atom. The van der Waals surface area contributed by atoms with Crippen LogP contribution in [0.25, 0.3) is 0 Å². The van der Waals surface area contributed by atoms with Gasteiger partial charge >= 0.3 is 0 Å². The van der Waals surface area contributed by atoms with Gasteiger partial charge in [0.25, 0.3) is 0 Å². The van der Waals surface area contributed by atoms with Crippen LogP contribution >= 0.6 is 0 Å². The number of anilines is 2. The van der Waals surface area contributed by atoms with Gasteiger partial charge < -0.3 is 15.4 Å². The second kappa shape index (κ2) is 2.55. The van der Waals surface area contributed by atoms with Crippen LogP contribution in [0.5, 0.6) is 5.75 Å². The highest BCUT2D eigenvalue weighted by Crippen LogP contribution is 2.29. The normalized spacial score (nSPS) is 15.2. The van der Waals surface area contributed by atoms with Gasteiger partial charge in [-0.2, -0.15) is 0 Å². The largest absolute Gasteiger partial charge is 0.488 e. The van der Waals surface area contributed by atoms with Crippen LogP contribution in [0.1, 0.15) is 0 Å². The molecule has 4 heteroatoms. The standard InChI is InChI=1S/C8H11N3O/c1-11-2-3-12-7-4-6(9)5-10-8(7)11/h4-5H,2-3,9H2,1H3. The Balaban J connectivity index is 2.46. The molecule has 0 saturated heterocycles. The van der Waals surface area contributed by atoms with Crippen molar-refractivity contribution in [2.75, 3.05) is 30.8 Å². The van der Waals surface area contributed by atoms with E-state index in [4.69, 9.17) is 10.5 Å². The Hall–Kier alpha value is -1.45. The number of nitrogen functional groups attached to an aromatic ring is 1. The molecule has 0 saturated carbocycles. The first-order valence-corrected chi connectivity index (χ1v) is 3.87. The van der Waals surface area contributed by atoms with Crippen LogP contribution in [0.15, 0.2) is 12.3 Å². The highest BCUT2D eigenvalue weighted by molar-refractivity contribution is 5.58. The monoisotopic (exact) mass is 165 g/mol. The lowest BCUT2D eigenvalue weighted by Gasteiger charge is -2.26. The predicted molar refractivity (Wildman–Crippen MR) is 47.4 cm³/mol. The van der Waals surface area contributed by atoms with Crippen LogP contribution in [-0.2, 0) is 0 Å². The van der Waals surface area contributed by atoms with Crippen molar-refractivity contribution in [1.29, 1.82) is 0 Å². The maximum atomic E-state index is 5.57. The summed E-state index contributed by atoms with van der Waals surface area (Å²) in [4.78, 5) is 6.23. The van der Waals surface area contributed by atoms with Crippen molar-refractivity contribution in [3.8, 4) is 5.75 Å². The minimum absolute atomic E-state index is 0.643. The zero-order valence-electron chi connectivity index (χ0n) is 6.95. The summed E-state index contributed by atoms with van der Waals surface area (Å²) >= 11 is 0. The van der Waals surface area contributed by atoms with E-state index in [0.29, 0.717) is 12.3 Å². The van der Waals surface area contributed by atoms with Crippen LogP contribution in [0.2, 0.25) is 0 Å². The molecule has 0 radical (unpaired) electrons. The summed E-state index contributed by atoms with van der Waals surface area (Å²) in [6.45, 7) is 1.58. The first-order valence-electron chi connectivity index (χ1n) is 3.87. The molecule has 0 aliphatic carbocycles. The van der Waals surface area contributed by atoms with Gasteiger partial charge in [-0.3, -0.25) is 0 Å². The van der Waals surface area contributed by atoms with Gasteiger partial charge in [-0.15, -0.1) is 0 Å². The number of hydrogen-bond acceptors (Lipinski definition) is 4. The Morgan fingerprint density at radius 2 is 2.50 bits per heavy atom. The lowest BCUT2D eigenvalue weighted by Crippen LogP contribution is -2.29. The van der Waals surface area contributed by atoms with E-state index >= 15 is 0 Å². The van der Waals surface area contributed by atoms with E-state index in [-0.39, 0.29) is 0 Å². The van der Waals surface area contributed by atoms with Crippen molar-refractivity contribution < 1.29 is 4.74 Å². The Kier molecular flexibility index (Phi) is 1.53. The van der Waals surface area contributed by atoms with Crippen LogP contribution in [0.4, 0.5) is 11.5 Å². The minimum atomic E-state index is 0.643. The Labute approximate surface area is 71.0 Å². The Morgan fingerprint density at radius 3 is 3.33 bits per heavy atom. The summed E-state index contributed by atoms with van der Waals surface area (Å²) < 4.78 is 5.39. The zero-order chi connectivity index (χ0) is 8.55. The number of pyridine rings is 1. The smallest absolute Gasteiger partial charge is 0.171 e. The lowest BCUT2D eigenvalue weighted by molar-refractivity contribution is 0.309. The second-order valence-corrected chi connectivity index (χ2v) is 2.86. The Bertz CT molecular complexity index is 300. The summed E-state index contributed by atoms with van der Waals surface area (Å²) in [5.41, 5.74) is 6.21. The van der Waals surface area contributed by atoms with Crippen LogP contribution in [-0.4, -0.2) is 25.2 Å². The van der Waals surface area contributed by atoms with Crippen LogP contribution in [0.3, 0.4) is 0 Å². The maximum absolute atomic E-state index is 5.57. The molecule has 1 aromatic rings. The summed E-state index contributed by atoms with van der Waals surface area (Å²) in [6.07, 6.45) is 1.64. The van der Waals surface area contributed by atoms with Gasteiger partial charge in [0.15, 0.2) is 11.6 Å². The summed E-state index contributed by atoms with van der Waals surface area (Å²) in [6, 6.07) is 1.80. The molecule has 0 spiro atoms. The molecule has 0 aromatic carbocycles. The molecule has 2 N–H and O–H groups in total. The van der Waals surface area contributed by atoms with Crippen LogP contribution in [0, 0.1) is 0 Å². The highest BCUT2D eigenvalue weighted by atomic mass is 16.5. The molecular weight excluding hydrogens is 154 g/mol. The third-order valence-electron chi connectivity index (χ3n) is 1.90. The topological polar surface area (TPSA) is 51.4 Å². The molecule has 1 aliphatic heterocycles. The number of nitrogens with two attached hydrogens (primary N) is 1.